The Morgan fingerprint density at radius 1 is 1.73 bits per heavy atom. The maximum Gasteiger partial charge on any atom is 0.239 e. The van der Waals surface area contributed by atoms with Crippen LogP contribution in [0.4, 0.5) is 0 Å². The standard InChI is InChI=1S/C9H18N2O2S.ClH/c1-13-6-8(10)9(12)11-5-7-3-2-4-14-7;/h7-8H,2-6,10H2,1H3,(H,11,12);1H. The molecule has 2 atom stereocenters. The number of thioether (sulfide) groups is 1. The van der Waals surface area contributed by atoms with Crippen molar-refractivity contribution < 1.29 is 9.53 Å². The van der Waals surface area contributed by atoms with Crippen LogP contribution in [0.15, 0.2) is 0 Å². The first kappa shape index (κ1) is 15.0. The van der Waals surface area contributed by atoms with Gasteiger partial charge < -0.3 is 15.8 Å². The van der Waals surface area contributed by atoms with Crippen LogP contribution in [0, 0.1) is 0 Å². The van der Waals surface area contributed by atoms with Gasteiger partial charge in [-0.3, -0.25) is 4.79 Å². The average Bonchev–Trinajstić information content (AvgIpc) is 2.67. The summed E-state index contributed by atoms with van der Waals surface area (Å²) >= 11 is 1.92. The third-order valence-electron chi connectivity index (χ3n) is 2.21. The summed E-state index contributed by atoms with van der Waals surface area (Å²) in [5.74, 6) is 1.10. The SMILES string of the molecule is COCC(N)C(=O)NCC1CCCS1.Cl. The van der Waals surface area contributed by atoms with Crippen LogP contribution in [-0.2, 0) is 9.53 Å². The minimum Gasteiger partial charge on any atom is -0.383 e. The molecule has 1 fully saturated rings. The molecule has 0 aromatic rings. The van der Waals surface area contributed by atoms with Crippen molar-refractivity contribution >= 4 is 30.1 Å². The predicted molar refractivity (Wildman–Crippen MR) is 65.6 cm³/mol. The summed E-state index contributed by atoms with van der Waals surface area (Å²) in [6.07, 6.45) is 2.46. The van der Waals surface area contributed by atoms with Gasteiger partial charge in [0.1, 0.15) is 6.04 Å². The van der Waals surface area contributed by atoms with Gasteiger partial charge in [-0.15, -0.1) is 12.4 Å². The van der Waals surface area contributed by atoms with Crippen LogP contribution < -0.4 is 11.1 Å². The number of ether oxygens (including phenoxy) is 1. The van der Waals surface area contributed by atoms with E-state index in [1.165, 1.54) is 18.6 Å². The highest BCUT2D eigenvalue weighted by atomic mass is 35.5. The summed E-state index contributed by atoms with van der Waals surface area (Å²) in [5.41, 5.74) is 5.57. The van der Waals surface area contributed by atoms with Gasteiger partial charge in [0.2, 0.25) is 5.91 Å². The first-order valence-corrected chi connectivity index (χ1v) is 5.92. The number of amides is 1. The summed E-state index contributed by atoms with van der Waals surface area (Å²) in [5, 5.41) is 3.42. The van der Waals surface area contributed by atoms with Crippen LogP contribution in [-0.4, -0.2) is 43.2 Å². The van der Waals surface area contributed by atoms with Crippen molar-refractivity contribution in [2.24, 2.45) is 5.73 Å². The van der Waals surface area contributed by atoms with Crippen LogP contribution >= 0.6 is 24.2 Å². The van der Waals surface area contributed by atoms with Gasteiger partial charge in [0.15, 0.2) is 0 Å². The van der Waals surface area contributed by atoms with Crippen molar-refractivity contribution in [3.8, 4) is 0 Å². The molecule has 4 nitrogen and oxygen atoms in total. The Morgan fingerprint density at radius 3 is 3.00 bits per heavy atom. The fraction of sp³-hybridized carbons (Fsp3) is 0.889. The van der Waals surface area contributed by atoms with E-state index in [4.69, 9.17) is 10.5 Å². The molecule has 3 N–H and O–H groups in total. The minimum atomic E-state index is -0.536. The fourth-order valence-corrected chi connectivity index (χ4v) is 2.61. The highest BCUT2D eigenvalue weighted by Gasteiger charge is 2.18. The smallest absolute Gasteiger partial charge is 0.239 e. The van der Waals surface area contributed by atoms with E-state index in [2.05, 4.69) is 5.32 Å². The average molecular weight is 255 g/mol. The first-order valence-electron chi connectivity index (χ1n) is 4.88. The third kappa shape index (κ3) is 5.61. The molecule has 1 amide bonds. The summed E-state index contributed by atoms with van der Waals surface area (Å²) in [6.45, 7) is 1.02. The van der Waals surface area contributed by atoms with Crippen LogP contribution in [0.25, 0.3) is 0 Å². The Labute approximate surface area is 101 Å². The Kier molecular flexibility index (Phi) is 8.23. The quantitative estimate of drug-likeness (QED) is 0.745. The largest absolute Gasteiger partial charge is 0.383 e. The second kappa shape index (κ2) is 8.21. The maximum atomic E-state index is 11.4. The molecule has 2 unspecified atom stereocenters. The number of halogens is 1. The van der Waals surface area contributed by atoms with Crippen LogP contribution in [0.3, 0.4) is 0 Å². The Morgan fingerprint density at radius 2 is 2.47 bits per heavy atom. The maximum absolute atomic E-state index is 11.4. The molecule has 1 rings (SSSR count). The molecule has 0 bridgehead atoms. The zero-order chi connectivity index (χ0) is 10.4. The van der Waals surface area contributed by atoms with Gasteiger partial charge in [-0.1, -0.05) is 0 Å². The van der Waals surface area contributed by atoms with Gasteiger partial charge in [0.25, 0.3) is 0 Å². The lowest BCUT2D eigenvalue weighted by molar-refractivity contribution is -0.123. The van der Waals surface area contributed by atoms with E-state index in [0.717, 1.165) is 6.54 Å². The lowest BCUT2D eigenvalue weighted by atomic mass is 10.2. The predicted octanol–water partition coefficient (Wildman–Crippen LogP) is 0.394. The van der Waals surface area contributed by atoms with Gasteiger partial charge in [-0.05, 0) is 18.6 Å². The van der Waals surface area contributed by atoms with Gasteiger partial charge in [-0.25, -0.2) is 0 Å². The van der Waals surface area contributed by atoms with E-state index < -0.39 is 6.04 Å². The molecular formula is C9H19ClN2O2S. The second-order valence-electron chi connectivity index (χ2n) is 3.44. The zero-order valence-electron chi connectivity index (χ0n) is 8.90. The fourth-order valence-electron chi connectivity index (χ4n) is 1.41. The number of carbonyl (C=O) groups excluding carboxylic acids is 1. The summed E-state index contributed by atoms with van der Waals surface area (Å²) in [6, 6.07) is -0.536. The molecule has 1 aliphatic rings. The lowest BCUT2D eigenvalue weighted by Crippen LogP contribution is -2.45. The Balaban J connectivity index is 0.00000196. The highest BCUT2D eigenvalue weighted by molar-refractivity contribution is 8.00. The topological polar surface area (TPSA) is 64.3 Å². The third-order valence-corrected chi connectivity index (χ3v) is 3.61. The molecule has 0 aromatic carbocycles. The lowest BCUT2D eigenvalue weighted by Gasteiger charge is -2.13. The second-order valence-corrected chi connectivity index (χ2v) is 4.85. The van der Waals surface area contributed by atoms with Crippen molar-refractivity contribution in [3.63, 3.8) is 0 Å². The number of nitrogens with one attached hydrogen (secondary N) is 1. The molecule has 1 aliphatic heterocycles. The van der Waals surface area contributed by atoms with E-state index in [0.29, 0.717) is 5.25 Å². The molecule has 0 aromatic heterocycles. The monoisotopic (exact) mass is 254 g/mol. The number of hydrogen-bond donors (Lipinski definition) is 2. The molecule has 0 spiro atoms. The van der Waals surface area contributed by atoms with E-state index in [-0.39, 0.29) is 24.9 Å². The Hall–Kier alpha value is 0.0300. The van der Waals surface area contributed by atoms with Crippen molar-refractivity contribution in [3.05, 3.63) is 0 Å². The van der Waals surface area contributed by atoms with Crippen molar-refractivity contribution in [1.29, 1.82) is 0 Å². The van der Waals surface area contributed by atoms with Gasteiger partial charge in [-0.2, -0.15) is 11.8 Å². The number of methoxy groups -OCH3 is 1. The zero-order valence-corrected chi connectivity index (χ0v) is 10.5. The summed E-state index contributed by atoms with van der Waals surface area (Å²) in [7, 11) is 1.54. The van der Waals surface area contributed by atoms with Crippen molar-refractivity contribution in [1.82, 2.24) is 5.32 Å². The number of carbonyl (C=O) groups is 1. The van der Waals surface area contributed by atoms with Gasteiger partial charge >= 0.3 is 0 Å². The normalized spacial score (nSPS) is 21.9. The van der Waals surface area contributed by atoms with E-state index in [1.807, 2.05) is 11.8 Å². The van der Waals surface area contributed by atoms with Crippen LogP contribution in [0.2, 0.25) is 0 Å². The molecule has 90 valence electrons. The van der Waals surface area contributed by atoms with E-state index in [9.17, 15) is 4.79 Å². The van der Waals surface area contributed by atoms with Crippen LogP contribution in [0.5, 0.6) is 0 Å². The molecule has 6 heteroatoms. The van der Waals surface area contributed by atoms with E-state index >= 15 is 0 Å². The van der Waals surface area contributed by atoms with Gasteiger partial charge in [0, 0.05) is 18.9 Å². The van der Waals surface area contributed by atoms with Crippen molar-refractivity contribution in [2.45, 2.75) is 24.1 Å². The van der Waals surface area contributed by atoms with E-state index in [1.54, 1.807) is 7.11 Å². The minimum absolute atomic E-state index is 0. The molecular weight excluding hydrogens is 236 g/mol. The molecule has 0 saturated carbocycles. The van der Waals surface area contributed by atoms with Crippen LogP contribution in [0.1, 0.15) is 12.8 Å². The van der Waals surface area contributed by atoms with Crippen molar-refractivity contribution in [2.75, 3.05) is 26.0 Å². The molecule has 1 heterocycles. The number of rotatable bonds is 5. The Bertz CT molecular complexity index is 189. The molecule has 0 radical (unpaired) electrons. The summed E-state index contributed by atoms with van der Waals surface area (Å²) < 4.78 is 4.81. The molecule has 0 aliphatic carbocycles. The molecule has 15 heavy (non-hydrogen) atoms. The highest BCUT2D eigenvalue weighted by Crippen LogP contribution is 2.25. The number of hydrogen-bond acceptors (Lipinski definition) is 4. The first-order chi connectivity index (χ1) is 6.74. The number of nitrogens with two attached hydrogens (primary N) is 1. The van der Waals surface area contributed by atoms with Gasteiger partial charge in [0.05, 0.1) is 6.61 Å². The molecule has 1 saturated heterocycles. The summed E-state index contributed by atoms with van der Waals surface area (Å²) in [4.78, 5) is 11.4.